The number of pyridine rings is 1. The molecule has 1 aliphatic rings. The Morgan fingerprint density at radius 1 is 1.21 bits per heavy atom. The fourth-order valence-electron chi connectivity index (χ4n) is 3.76. The van der Waals surface area contributed by atoms with Gasteiger partial charge in [0.15, 0.2) is 6.23 Å². The largest absolute Gasteiger partial charge is 0.508 e. The van der Waals surface area contributed by atoms with Crippen molar-refractivity contribution in [3.8, 4) is 17.2 Å². The topological polar surface area (TPSA) is 81.1 Å². The lowest BCUT2D eigenvalue weighted by molar-refractivity contribution is -0.132. The molecular weight excluding hydrogens is 360 g/mol. The minimum Gasteiger partial charge on any atom is -0.508 e. The molecule has 0 fully saturated rings. The molecule has 0 amide bonds. The lowest BCUT2D eigenvalue weighted by atomic mass is 10.0. The number of rotatable bonds is 5. The summed E-state index contributed by atoms with van der Waals surface area (Å²) in [7, 11) is 3.18. The molecule has 7 heteroatoms. The van der Waals surface area contributed by atoms with Gasteiger partial charge in [-0.1, -0.05) is 6.07 Å². The minimum atomic E-state index is -0.544. The Kier molecular flexibility index (Phi) is 4.43. The molecule has 3 aromatic rings. The Morgan fingerprint density at radius 3 is 2.71 bits per heavy atom. The fraction of sp³-hybridized carbons (Fsp3) is 0.238. The van der Waals surface area contributed by atoms with Crippen LogP contribution in [0, 0.1) is 6.92 Å². The number of phenols is 1. The van der Waals surface area contributed by atoms with Crippen LogP contribution in [0.5, 0.6) is 17.2 Å². The van der Waals surface area contributed by atoms with Gasteiger partial charge >= 0.3 is 0 Å². The Labute approximate surface area is 162 Å². The van der Waals surface area contributed by atoms with E-state index in [1.807, 2.05) is 24.0 Å². The zero-order chi connectivity index (χ0) is 19.8. The average Bonchev–Trinajstić information content (AvgIpc) is 3.08. The number of nitrogens with zero attached hydrogens (tertiary/aromatic N) is 2. The van der Waals surface area contributed by atoms with Crippen molar-refractivity contribution in [3.63, 3.8) is 0 Å². The van der Waals surface area contributed by atoms with Gasteiger partial charge < -0.3 is 24.2 Å². The highest BCUT2D eigenvalue weighted by Gasteiger charge is 2.36. The van der Waals surface area contributed by atoms with E-state index in [2.05, 4.69) is 0 Å². The molecule has 1 atom stereocenters. The number of benzene rings is 2. The second-order valence-electron chi connectivity index (χ2n) is 6.53. The molecule has 4 rings (SSSR count). The lowest BCUT2D eigenvalue weighted by Gasteiger charge is -2.27. The molecular formula is C21H20N2O5. The van der Waals surface area contributed by atoms with Crippen molar-refractivity contribution in [1.82, 2.24) is 4.98 Å². The van der Waals surface area contributed by atoms with Gasteiger partial charge in [0.1, 0.15) is 22.8 Å². The van der Waals surface area contributed by atoms with Crippen LogP contribution in [0.1, 0.15) is 11.3 Å². The van der Waals surface area contributed by atoms with Gasteiger partial charge in [-0.15, -0.1) is 0 Å². The summed E-state index contributed by atoms with van der Waals surface area (Å²) >= 11 is 0. The van der Waals surface area contributed by atoms with Crippen LogP contribution in [0.25, 0.3) is 10.9 Å². The molecule has 1 aromatic heterocycles. The summed E-state index contributed by atoms with van der Waals surface area (Å²) in [6.07, 6.45) is -0.0597. The van der Waals surface area contributed by atoms with Gasteiger partial charge in [0.05, 0.1) is 19.9 Å². The smallest absolute Gasteiger partial charge is 0.295 e. The van der Waals surface area contributed by atoms with Gasteiger partial charge in [-0.25, -0.2) is 4.98 Å². The van der Waals surface area contributed by atoms with Crippen molar-refractivity contribution < 1.29 is 24.1 Å². The van der Waals surface area contributed by atoms with Gasteiger partial charge in [0, 0.05) is 40.9 Å². The van der Waals surface area contributed by atoms with E-state index in [0.717, 1.165) is 22.3 Å². The van der Waals surface area contributed by atoms with Crippen molar-refractivity contribution in [2.45, 2.75) is 19.6 Å². The van der Waals surface area contributed by atoms with E-state index >= 15 is 0 Å². The van der Waals surface area contributed by atoms with E-state index in [4.69, 9.17) is 19.2 Å². The third-order valence-electron chi connectivity index (χ3n) is 4.99. The van der Waals surface area contributed by atoms with Crippen LogP contribution < -0.4 is 14.4 Å². The van der Waals surface area contributed by atoms with Gasteiger partial charge in [0.2, 0.25) is 0 Å². The summed E-state index contributed by atoms with van der Waals surface area (Å²) in [4.78, 5) is 17.8. The van der Waals surface area contributed by atoms with Crippen LogP contribution >= 0.6 is 0 Å². The zero-order valence-electron chi connectivity index (χ0n) is 15.8. The second-order valence-corrected chi connectivity index (χ2v) is 6.53. The molecule has 7 nitrogen and oxygen atoms in total. The molecule has 1 unspecified atom stereocenters. The number of methoxy groups -OCH3 is 2. The van der Waals surface area contributed by atoms with Crippen LogP contribution in [0.2, 0.25) is 0 Å². The van der Waals surface area contributed by atoms with Crippen molar-refractivity contribution in [2.24, 2.45) is 0 Å². The monoisotopic (exact) mass is 380 g/mol. The summed E-state index contributed by atoms with van der Waals surface area (Å²) in [6.45, 7) is 2.37. The number of carbonyl (C=O) groups excluding carboxylic acids is 1. The number of ether oxygens (including phenoxy) is 3. The van der Waals surface area contributed by atoms with E-state index < -0.39 is 6.23 Å². The molecule has 0 saturated heterocycles. The SMILES string of the molecule is COc1cc(OC)c2nc(C)c3c(c2c1)N(c1cccc(O)c1)C(OC=O)C3. The first-order chi connectivity index (χ1) is 13.6. The predicted molar refractivity (Wildman–Crippen MR) is 104 cm³/mol. The van der Waals surface area contributed by atoms with Crippen molar-refractivity contribution >= 4 is 28.7 Å². The Hall–Kier alpha value is -3.48. The van der Waals surface area contributed by atoms with Crippen LogP contribution in [0.15, 0.2) is 36.4 Å². The highest BCUT2D eigenvalue weighted by Crippen LogP contribution is 2.47. The van der Waals surface area contributed by atoms with E-state index in [1.54, 1.807) is 38.5 Å². The van der Waals surface area contributed by atoms with Crippen molar-refractivity contribution in [3.05, 3.63) is 47.7 Å². The maximum Gasteiger partial charge on any atom is 0.295 e. The number of aryl methyl sites for hydroxylation is 1. The third-order valence-corrected chi connectivity index (χ3v) is 4.99. The molecule has 1 aliphatic heterocycles. The standard InChI is InChI=1S/C21H20N2O5/c1-12-16-10-19(28-11-24)23(13-5-4-6-14(25)7-13)21(16)17-8-15(26-2)9-18(27-3)20(17)22-12/h4-9,11,19,25H,10H2,1-3H3. The van der Waals surface area contributed by atoms with Crippen LogP contribution in [-0.2, 0) is 16.0 Å². The van der Waals surface area contributed by atoms with Crippen LogP contribution in [-0.4, -0.2) is 37.0 Å². The number of phenolic OH excluding ortho intramolecular Hbond substituents is 1. The number of fused-ring (bicyclic) bond motifs is 3. The second kappa shape index (κ2) is 6.92. The summed E-state index contributed by atoms with van der Waals surface area (Å²) < 4.78 is 16.3. The molecule has 28 heavy (non-hydrogen) atoms. The lowest BCUT2D eigenvalue weighted by Crippen LogP contribution is -2.29. The van der Waals surface area contributed by atoms with E-state index in [-0.39, 0.29) is 5.75 Å². The number of hydrogen-bond donors (Lipinski definition) is 1. The molecule has 2 aromatic carbocycles. The summed E-state index contributed by atoms with van der Waals surface area (Å²) in [5.74, 6) is 1.35. The summed E-state index contributed by atoms with van der Waals surface area (Å²) in [6, 6.07) is 10.5. The fourth-order valence-corrected chi connectivity index (χ4v) is 3.76. The highest BCUT2D eigenvalue weighted by molar-refractivity contribution is 6.01. The maximum absolute atomic E-state index is 11.2. The predicted octanol–water partition coefficient (Wildman–Crippen LogP) is 3.46. The number of aromatic nitrogens is 1. The first-order valence-electron chi connectivity index (χ1n) is 8.80. The first-order valence-corrected chi connectivity index (χ1v) is 8.80. The van der Waals surface area contributed by atoms with E-state index in [1.165, 1.54) is 0 Å². The molecule has 0 spiro atoms. The number of anilines is 2. The van der Waals surface area contributed by atoms with Gasteiger partial charge in [-0.2, -0.15) is 0 Å². The minimum absolute atomic E-state index is 0.126. The molecule has 0 bridgehead atoms. The Balaban J connectivity index is 2.05. The Bertz CT molecular complexity index is 1070. The molecule has 0 aliphatic carbocycles. The third kappa shape index (κ3) is 2.76. The molecule has 0 saturated carbocycles. The average molecular weight is 380 g/mol. The maximum atomic E-state index is 11.2. The normalized spacial score (nSPS) is 15.4. The summed E-state index contributed by atoms with van der Waals surface area (Å²) in [5, 5.41) is 10.8. The van der Waals surface area contributed by atoms with Gasteiger partial charge in [-0.05, 0) is 25.1 Å². The number of aromatic hydroxyl groups is 1. The highest BCUT2D eigenvalue weighted by atomic mass is 16.5. The molecule has 144 valence electrons. The van der Waals surface area contributed by atoms with Crippen molar-refractivity contribution in [1.29, 1.82) is 0 Å². The quantitative estimate of drug-likeness (QED) is 0.679. The number of hydrogen-bond acceptors (Lipinski definition) is 7. The van der Waals surface area contributed by atoms with Crippen LogP contribution in [0.3, 0.4) is 0 Å². The molecule has 2 heterocycles. The van der Waals surface area contributed by atoms with E-state index in [9.17, 15) is 9.90 Å². The van der Waals surface area contributed by atoms with Crippen LogP contribution in [0.4, 0.5) is 11.4 Å². The van der Waals surface area contributed by atoms with Gasteiger partial charge in [-0.3, -0.25) is 4.79 Å². The van der Waals surface area contributed by atoms with Crippen molar-refractivity contribution in [2.75, 3.05) is 19.1 Å². The zero-order valence-corrected chi connectivity index (χ0v) is 15.8. The molecule has 1 N–H and O–H groups in total. The summed E-state index contributed by atoms with van der Waals surface area (Å²) in [5.41, 5.74) is 4.05. The van der Waals surface area contributed by atoms with Gasteiger partial charge in [0.25, 0.3) is 6.47 Å². The Morgan fingerprint density at radius 2 is 2.04 bits per heavy atom. The molecule has 0 radical (unpaired) electrons. The first kappa shape index (κ1) is 17.9. The number of carbonyl (C=O) groups is 1. The van der Waals surface area contributed by atoms with E-state index in [0.29, 0.717) is 35.6 Å².